The fourth-order valence-corrected chi connectivity index (χ4v) is 2.01. The van der Waals surface area contributed by atoms with Crippen molar-refractivity contribution in [1.29, 1.82) is 0 Å². The fourth-order valence-electron chi connectivity index (χ4n) is 2.01. The number of esters is 2. The van der Waals surface area contributed by atoms with Crippen LogP contribution in [0.1, 0.15) is 18.9 Å². The fraction of sp³-hybridized carbons (Fsp3) is 0.176. The number of aryl methyl sites for hydroxylation is 1. The summed E-state index contributed by atoms with van der Waals surface area (Å²) in [4.78, 5) is 22.8. The molecule has 2 rings (SSSR count). The van der Waals surface area contributed by atoms with Crippen LogP contribution in [-0.2, 0) is 16.0 Å². The van der Waals surface area contributed by atoms with Crippen LogP contribution in [0.5, 0.6) is 11.5 Å². The van der Waals surface area contributed by atoms with Crippen LogP contribution in [0.2, 0.25) is 0 Å². The van der Waals surface area contributed by atoms with E-state index in [-0.39, 0.29) is 30.0 Å². The van der Waals surface area contributed by atoms with Crippen LogP contribution < -0.4 is 9.47 Å². The number of hydrogen-bond donors (Lipinski definition) is 0. The van der Waals surface area contributed by atoms with Crippen molar-refractivity contribution in [3.8, 4) is 11.5 Å². The summed E-state index contributed by atoms with van der Waals surface area (Å²) in [6.07, 6.45) is 0.220. The van der Waals surface area contributed by atoms with E-state index in [4.69, 9.17) is 15.0 Å². The highest BCUT2D eigenvalue weighted by molar-refractivity contribution is 5.73. The summed E-state index contributed by atoms with van der Waals surface area (Å²) >= 11 is 0. The minimum Gasteiger partial charge on any atom is -0.706 e. The third-order valence-corrected chi connectivity index (χ3v) is 3.06. The SMILES string of the molecule is CC(=O)Oc1ccc(N=[N-])c(CCC(=O)Oc2ccc(F)cc2)c1. The second-order valence-corrected chi connectivity index (χ2v) is 4.91. The second kappa shape index (κ2) is 7.96. The summed E-state index contributed by atoms with van der Waals surface area (Å²) in [5.74, 6) is -0.904. The van der Waals surface area contributed by atoms with Gasteiger partial charge in [-0.05, 0) is 54.4 Å². The van der Waals surface area contributed by atoms with Crippen LogP contribution in [-0.4, -0.2) is 11.9 Å². The van der Waals surface area contributed by atoms with E-state index in [2.05, 4.69) is 5.11 Å². The van der Waals surface area contributed by atoms with Crippen molar-refractivity contribution in [3.05, 3.63) is 59.4 Å². The van der Waals surface area contributed by atoms with Gasteiger partial charge in [0, 0.05) is 12.6 Å². The first-order valence-corrected chi connectivity index (χ1v) is 7.10. The zero-order valence-electron chi connectivity index (χ0n) is 12.9. The summed E-state index contributed by atoms with van der Waals surface area (Å²) in [5.41, 5.74) is 9.77. The molecule has 0 heterocycles. The number of rotatable bonds is 6. The molecule has 0 aromatic heterocycles. The highest BCUT2D eigenvalue weighted by Crippen LogP contribution is 2.26. The van der Waals surface area contributed by atoms with E-state index in [0.29, 0.717) is 5.56 Å². The van der Waals surface area contributed by atoms with Crippen molar-refractivity contribution in [1.82, 2.24) is 0 Å². The number of carbonyl (C=O) groups is 2. The Labute approximate surface area is 137 Å². The van der Waals surface area contributed by atoms with Crippen LogP contribution in [0, 0.1) is 5.82 Å². The maximum atomic E-state index is 12.8. The highest BCUT2D eigenvalue weighted by atomic mass is 19.1. The molecule has 124 valence electrons. The van der Waals surface area contributed by atoms with Gasteiger partial charge in [0.25, 0.3) is 0 Å². The average Bonchev–Trinajstić information content (AvgIpc) is 2.55. The van der Waals surface area contributed by atoms with E-state index in [1.807, 2.05) is 0 Å². The van der Waals surface area contributed by atoms with Gasteiger partial charge in [0.05, 0.1) is 6.42 Å². The molecule has 2 aromatic rings. The molecule has 6 nitrogen and oxygen atoms in total. The quantitative estimate of drug-likeness (QED) is 0.456. The Morgan fingerprint density at radius 1 is 1.08 bits per heavy atom. The van der Waals surface area contributed by atoms with E-state index in [0.717, 1.165) is 0 Å². The van der Waals surface area contributed by atoms with Gasteiger partial charge in [0.15, 0.2) is 0 Å². The molecule has 0 saturated carbocycles. The lowest BCUT2D eigenvalue weighted by Gasteiger charge is -2.10. The van der Waals surface area contributed by atoms with E-state index >= 15 is 0 Å². The third-order valence-electron chi connectivity index (χ3n) is 3.06. The van der Waals surface area contributed by atoms with E-state index in [1.165, 1.54) is 49.4 Å². The summed E-state index contributed by atoms with van der Waals surface area (Å²) in [6, 6.07) is 9.55. The zero-order chi connectivity index (χ0) is 17.5. The first-order chi connectivity index (χ1) is 11.5. The predicted molar refractivity (Wildman–Crippen MR) is 83.6 cm³/mol. The highest BCUT2D eigenvalue weighted by Gasteiger charge is 2.10. The van der Waals surface area contributed by atoms with Crippen LogP contribution in [0.4, 0.5) is 10.1 Å². The molecule has 0 N–H and O–H groups in total. The Kier molecular flexibility index (Phi) is 5.73. The molecule has 0 saturated heterocycles. The number of nitrogens with zero attached hydrogens (tertiary/aromatic N) is 2. The lowest BCUT2D eigenvalue weighted by molar-refractivity contribution is -0.134. The minimum absolute atomic E-state index is 0.00339. The lowest BCUT2D eigenvalue weighted by atomic mass is 10.1. The van der Waals surface area contributed by atoms with E-state index < -0.39 is 17.8 Å². The maximum Gasteiger partial charge on any atom is 0.311 e. The monoisotopic (exact) mass is 329 g/mol. The molecule has 0 fully saturated rings. The number of carbonyl (C=O) groups excluding carboxylic acids is 2. The number of ether oxygens (including phenoxy) is 2. The van der Waals surface area contributed by atoms with Gasteiger partial charge in [-0.2, -0.15) is 0 Å². The zero-order valence-corrected chi connectivity index (χ0v) is 12.9. The largest absolute Gasteiger partial charge is 0.706 e. The van der Waals surface area contributed by atoms with Crippen molar-refractivity contribution in [2.45, 2.75) is 19.8 Å². The number of halogens is 1. The molecule has 0 unspecified atom stereocenters. The molecular formula is C17H14FN2O4-. The minimum atomic E-state index is -0.525. The van der Waals surface area contributed by atoms with Crippen LogP contribution in [0.3, 0.4) is 0 Å². The van der Waals surface area contributed by atoms with Crippen molar-refractivity contribution < 1.29 is 23.5 Å². The van der Waals surface area contributed by atoms with E-state index in [9.17, 15) is 14.0 Å². The summed E-state index contributed by atoms with van der Waals surface area (Å²) in [6.45, 7) is 1.27. The molecule has 0 amide bonds. The Bertz CT molecular complexity index is 760. The predicted octanol–water partition coefficient (Wildman–Crippen LogP) is 3.94. The third kappa shape index (κ3) is 4.98. The van der Waals surface area contributed by atoms with Gasteiger partial charge < -0.3 is 20.1 Å². The lowest BCUT2D eigenvalue weighted by Crippen LogP contribution is -2.09. The molecule has 0 spiro atoms. The van der Waals surface area contributed by atoms with E-state index in [1.54, 1.807) is 0 Å². The Hall–Kier alpha value is -3.09. The van der Waals surface area contributed by atoms with Crippen molar-refractivity contribution in [2.24, 2.45) is 5.11 Å². The van der Waals surface area contributed by atoms with Gasteiger partial charge in [-0.15, -0.1) is 0 Å². The number of benzene rings is 2. The topological polar surface area (TPSA) is 87.3 Å². The molecule has 0 aliphatic heterocycles. The van der Waals surface area contributed by atoms with Crippen molar-refractivity contribution >= 4 is 17.6 Å². The van der Waals surface area contributed by atoms with Gasteiger partial charge in [-0.25, -0.2) is 4.39 Å². The molecule has 24 heavy (non-hydrogen) atoms. The standard InChI is InChI=1S/C17H14FN2O4/c1-11(21)23-15-7-8-16(20-19)12(10-15)2-9-17(22)24-14-5-3-13(18)4-6-14/h3-8,10H,2,9H2,1H3/q-1. The maximum absolute atomic E-state index is 12.8. The first-order valence-electron chi connectivity index (χ1n) is 7.10. The molecule has 0 bridgehead atoms. The van der Waals surface area contributed by atoms with Crippen molar-refractivity contribution in [3.63, 3.8) is 0 Å². The van der Waals surface area contributed by atoms with Crippen LogP contribution >= 0.6 is 0 Å². The smallest absolute Gasteiger partial charge is 0.311 e. The van der Waals surface area contributed by atoms with Gasteiger partial charge in [-0.3, -0.25) is 9.59 Å². The molecule has 0 aliphatic rings. The van der Waals surface area contributed by atoms with Crippen LogP contribution in [0.25, 0.3) is 5.53 Å². The van der Waals surface area contributed by atoms with Gasteiger partial charge >= 0.3 is 11.9 Å². The molecule has 0 atom stereocenters. The van der Waals surface area contributed by atoms with Gasteiger partial charge in [0.2, 0.25) is 0 Å². The summed E-state index contributed by atoms with van der Waals surface area (Å²) < 4.78 is 22.8. The van der Waals surface area contributed by atoms with Crippen molar-refractivity contribution in [2.75, 3.05) is 0 Å². The molecule has 0 radical (unpaired) electrons. The van der Waals surface area contributed by atoms with Crippen LogP contribution in [0.15, 0.2) is 47.6 Å². The van der Waals surface area contributed by atoms with Gasteiger partial charge in [0.1, 0.15) is 17.3 Å². The average molecular weight is 329 g/mol. The second-order valence-electron chi connectivity index (χ2n) is 4.91. The Morgan fingerprint density at radius 2 is 1.75 bits per heavy atom. The molecular weight excluding hydrogens is 315 g/mol. The Balaban J connectivity index is 2.01. The number of hydrogen-bond acceptors (Lipinski definition) is 5. The molecule has 7 heteroatoms. The van der Waals surface area contributed by atoms with Gasteiger partial charge in [-0.1, -0.05) is 0 Å². The Morgan fingerprint density at radius 3 is 2.38 bits per heavy atom. The first kappa shape index (κ1) is 17.3. The summed E-state index contributed by atoms with van der Waals surface area (Å²) in [7, 11) is 0. The molecule has 2 aromatic carbocycles. The molecule has 0 aliphatic carbocycles. The normalized spacial score (nSPS) is 10.1. The summed E-state index contributed by atoms with van der Waals surface area (Å²) in [5, 5.41) is 3.13.